The van der Waals surface area contributed by atoms with Crippen LogP contribution in [0.4, 0.5) is 5.69 Å². The first-order chi connectivity index (χ1) is 14.4. The second-order valence-corrected chi connectivity index (χ2v) is 6.19. The largest absolute Gasteiger partial charge is 0.457 e. The van der Waals surface area contributed by atoms with E-state index in [1.165, 1.54) is 67.0 Å². The van der Waals surface area contributed by atoms with E-state index in [-0.39, 0.29) is 33.9 Å². The summed E-state index contributed by atoms with van der Waals surface area (Å²) in [5, 5.41) is 11.5. The Kier molecular flexibility index (Phi) is 4.64. The van der Waals surface area contributed by atoms with Crippen molar-refractivity contribution >= 4 is 23.4 Å². The molecule has 0 atom stereocenters. The Morgan fingerprint density at radius 2 is 1.67 bits per heavy atom. The number of hydrogen-bond acceptors (Lipinski definition) is 7. The maximum Gasteiger partial charge on any atom is 0.280 e. The van der Waals surface area contributed by atoms with Crippen LogP contribution in [0.3, 0.4) is 0 Å². The molecule has 0 fully saturated rings. The summed E-state index contributed by atoms with van der Waals surface area (Å²) >= 11 is 0. The van der Waals surface area contributed by atoms with Gasteiger partial charge < -0.3 is 4.74 Å². The topological polar surface area (TPSA) is 132 Å². The minimum atomic E-state index is -0.720. The summed E-state index contributed by atoms with van der Waals surface area (Å²) in [6.07, 6.45) is 2.82. The number of nitro benzene ring substituents is 1. The maximum absolute atomic E-state index is 12.7. The lowest BCUT2D eigenvalue weighted by atomic mass is 10.1. The van der Waals surface area contributed by atoms with Crippen LogP contribution in [0.2, 0.25) is 0 Å². The van der Waals surface area contributed by atoms with E-state index in [0.29, 0.717) is 5.01 Å². The normalized spacial score (nSPS) is 12.5. The SMILES string of the molecule is O=C(NN1C(=O)c2ccc(Oc3cccc([N+](=O)[O-])c3)cc2C1=O)c1ccncc1. The first-order valence-corrected chi connectivity index (χ1v) is 8.60. The first kappa shape index (κ1) is 18.7. The molecule has 148 valence electrons. The second-order valence-electron chi connectivity index (χ2n) is 6.19. The highest BCUT2D eigenvalue weighted by atomic mass is 16.6. The Hall–Kier alpha value is -4.60. The van der Waals surface area contributed by atoms with Gasteiger partial charge in [-0.2, -0.15) is 5.01 Å². The molecule has 0 saturated heterocycles. The Morgan fingerprint density at radius 3 is 2.40 bits per heavy atom. The number of carbonyl (C=O) groups is 3. The zero-order valence-electron chi connectivity index (χ0n) is 15.1. The number of non-ortho nitro benzene ring substituents is 1. The monoisotopic (exact) mass is 404 g/mol. The number of benzene rings is 2. The molecule has 1 aliphatic rings. The molecule has 0 saturated carbocycles. The van der Waals surface area contributed by atoms with Crippen LogP contribution in [-0.4, -0.2) is 32.6 Å². The fraction of sp³-hybridized carbons (Fsp3) is 0. The maximum atomic E-state index is 12.7. The Labute approximate surface area is 168 Å². The van der Waals surface area contributed by atoms with Crippen molar-refractivity contribution in [3.8, 4) is 11.5 Å². The lowest BCUT2D eigenvalue weighted by Gasteiger charge is -2.14. The molecule has 2 aromatic carbocycles. The molecule has 0 aliphatic carbocycles. The van der Waals surface area contributed by atoms with Crippen molar-refractivity contribution in [2.75, 3.05) is 0 Å². The molecule has 1 aromatic heterocycles. The molecule has 0 radical (unpaired) electrons. The van der Waals surface area contributed by atoms with Gasteiger partial charge in [0.15, 0.2) is 0 Å². The van der Waals surface area contributed by atoms with Gasteiger partial charge in [0.05, 0.1) is 22.1 Å². The number of nitrogens with zero attached hydrogens (tertiary/aromatic N) is 3. The van der Waals surface area contributed by atoms with Gasteiger partial charge in [-0.15, -0.1) is 0 Å². The number of imide groups is 1. The molecule has 10 nitrogen and oxygen atoms in total. The molecule has 2 heterocycles. The van der Waals surface area contributed by atoms with Gasteiger partial charge in [0.2, 0.25) is 0 Å². The van der Waals surface area contributed by atoms with Gasteiger partial charge in [-0.1, -0.05) is 6.07 Å². The van der Waals surface area contributed by atoms with E-state index in [1.54, 1.807) is 0 Å². The number of hydrazine groups is 1. The molecule has 0 bridgehead atoms. The molecule has 10 heteroatoms. The van der Waals surface area contributed by atoms with Crippen molar-refractivity contribution in [3.63, 3.8) is 0 Å². The van der Waals surface area contributed by atoms with Crippen LogP contribution >= 0.6 is 0 Å². The van der Waals surface area contributed by atoms with Crippen LogP contribution in [0.5, 0.6) is 11.5 Å². The molecule has 3 aromatic rings. The number of ether oxygens (including phenoxy) is 1. The van der Waals surface area contributed by atoms with Gasteiger partial charge in [-0.05, 0) is 36.4 Å². The number of aromatic nitrogens is 1. The lowest BCUT2D eigenvalue weighted by Crippen LogP contribution is -2.45. The van der Waals surface area contributed by atoms with Crippen molar-refractivity contribution in [1.29, 1.82) is 0 Å². The van der Waals surface area contributed by atoms with E-state index in [4.69, 9.17) is 4.74 Å². The van der Waals surface area contributed by atoms with Gasteiger partial charge in [0.25, 0.3) is 23.4 Å². The van der Waals surface area contributed by atoms with Crippen LogP contribution in [-0.2, 0) is 0 Å². The van der Waals surface area contributed by atoms with Gasteiger partial charge >= 0.3 is 0 Å². The smallest absolute Gasteiger partial charge is 0.280 e. The number of nitro groups is 1. The van der Waals surface area contributed by atoms with Gasteiger partial charge in [-0.25, -0.2) is 0 Å². The van der Waals surface area contributed by atoms with E-state index in [2.05, 4.69) is 10.4 Å². The Balaban J connectivity index is 1.55. The lowest BCUT2D eigenvalue weighted by molar-refractivity contribution is -0.384. The Morgan fingerprint density at radius 1 is 0.967 bits per heavy atom. The molecule has 0 spiro atoms. The summed E-state index contributed by atoms with van der Waals surface area (Å²) < 4.78 is 5.58. The van der Waals surface area contributed by atoms with Gasteiger partial charge in [0.1, 0.15) is 11.5 Å². The fourth-order valence-electron chi connectivity index (χ4n) is 2.85. The molecule has 1 aliphatic heterocycles. The minimum absolute atomic E-state index is 0.0398. The van der Waals surface area contributed by atoms with Crippen molar-refractivity contribution in [3.05, 3.63) is 93.8 Å². The van der Waals surface area contributed by atoms with E-state index >= 15 is 0 Å². The van der Waals surface area contributed by atoms with Crippen LogP contribution in [0, 0.1) is 10.1 Å². The molecular weight excluding hydrogens is 392 g/mol. The fourth-order valence-corrected chi connectivity index (χ4v) is 2.85. The predicted molar refractivity (Wildman–Crippen MR) is 102 cm³/mol. The summed E-state index contributed by atoms with van der Waals surface area (Å²) in [5.74, 6) is -1.64. The standard InChI is InChI=1S/C20H12N4O6/c25-18(12-6-8-21-9-7-12)22-23-19(26)16-5-4-15(11-17(16)20(23)27)30-14-3-1-2-13(10-14)24(28)29/h1-11H,(H,22,25). The minimum Gasteiger partial charge on any atom is -0.457 e. The number of hydrogen-bond donors (Lipinski definition) is 1. The van der Waals surface area contributed by atoms with Crippen molar-refractivity contribution in [2.24, 2.45) is 0 Å². The van der Waals surface area contributed by atoms with Crippen LogP contribution in [0.15, 0.2) is 67.0 Å². The third-order valence-electron chi connectivity index (χ3n) is 4.28. The average Bonchev–Trinajstić information content (AvgIpc) is 2.99. The second kappa shape index (κ2) is 7.43. The van der Waals surface area contributed by atoms with Crippen molar-refractivity contribution in [2.45, 2.75) is 0 Å². The number of rotatable bonds is 5. The summed E-state index contributed by atoms with van der Waals surface area (Å²) in [6.45, 7) is 0. The molecule has 3 amide bonds. The average molecular weight is 404 g/mol. The van der Waals surface area contributed by atoms with Crippen LogP contribution in [0.1, 0.15) is 31.1 Å². The number of nitrogens with one attached hydrogen (secondary N) is 1. The third kappa shape index (κ3) is 3.44. The Bertz CT molecular complexity index is 1190. The zero-order chi connectivity index (χ0) is 21.3. The molecule has 30 heavy (non-hydrogen) atoms. The molecular formula is C20H12N4O6. The molecule has 4 rings (SSSR count). The first-order valence-electron chi connectivity index (χ1n) is 8.60. The van der Waals surface area contributed by atoms with E-state index in [9.17, 15) is 24.5 Å². The van der Waals surface area contributed by atoms with E-state index in [1.807, 2.05) is 0 Å². The predicted octanol–water partition coefficient (Wildman–Crippen LogP) is 2.72. The number of pyridine rings is 1. The van der Waals surface area contributed by atoms with Crippen molar-refractivity contribution < 1.29 is 24.0 Å². The molecule has 0 unspecified atom stereocenters. The number of carbonyl (C=O) groups excluding carboxylic acids is 3. The van der Waals surface area contributed by atoms with Crippen LogP contribution < -0.4 is 10.2 Å². The van der Waals surface area contributed by atoms with Crippen LogP contribution in [0.25, 0.3) is 0 Å². The van der Waals surface area contributed by atoms with E-state index in [0.717, 1.165) is 0 Å². The quantitative estimate of drug-likeness (QED) is 0.393. The van der Waals surface area contributed by atoms with Gasteiger partial charge in [-0.3, -0.25) is 34.9 Å². The van der Waals surface area contributed by atoms with Gasteiger partial charge in [0, 0.05) is 24.0 Å². The van der Waals surface area contributed by atoms with E-state index < -0.39 is 22.6 Å². The summed E-state index contributed by atoms with van der Waals surface area (Å²) in [7, 11) is 0. The summed E-state index contributed by atoms with van der Waals surface area (Å²) in [6, 6.07) is 12.6. The summed E-state index contributed by atoms with van der Waals surface area (Å²) in [5.41, 5.74) is 2.51. The third-order valence-corrected chi connectivity index (χ3v) is 4.28. The number of amides is 3. The summed E-state index contributed by atoms with van der Waals surface area (Å²) in [4.78, 5) is 51.6. The number of fused-ring (bicyclic) bond motifs is 1. The highest BCUT2D eigenvalue weighted by molar-refractivity contribution is 6.22. The van der Waals surface area contributed by atoms with Crippen molar-refractivity contribution in [1.82, 2.24) is 15.4 Å². The molecule has 1 N–H and O–H groups in total. The highest BCUT2D eigenvalue weighted by Crippen LogP contribution is 2.30. The zero-order valence-corrected chi connectivity index (χ0v) is 15.1. The highest BCUT2D eigenvalue weighted by Gasteiger charge is 2.37.